The Morgan fingerprint density at radius 2 is 2.17 bits per heavy atom. The molecule has 1 amide bonds. The van der Waals surface area contributed by atoms with Crippen LogP contribution in [-0.2, 0) is 4.74 Å². The molecule has 0 fully saturated rings. The van der Waals surface area contributed by atoms with E-state index in [-0.39, 0.29) is 11.9 Å². The number of ether oxygens (including phenoxy) is 1. The van der Waals surface area contributed by atoms with Crippen molar-refractivity contribution in [3.05, 3.63) is 18.0 Å². The van der Waals surface area contributed by atoms with Crippen LogP contribution in [0.25, 0.3) is 0 Å². The van der Waals surface area contributed by atoms with Gasteiger partial charge in [0, 0.05) is 31.6 Å². The summed E-state index contributed by atoms with van der Waals surface area (Å²) in [7, 11) is 1.64. The van der Waals surface area contributed by atoms with E-state index in [1.165, 1.54) is 0 Å². The van der Waals surface area contributed by atoms with Gasteiger partial charge in [-0.05, 0) is 18.9 Å². The molecular weight excluding hydrogens is 230 g/mol. The van der Waals surface area contributed by atoms with Gasteiger partial charge in [0.1, 0.15) is 5.69 Å². The molecule has 0 spiro atoms. The fraction of sp³-hybridized carbons (Fsp3) is 0.615. The van der Waals surface area contributed by atoms with E-state index in [1.807, 2.05) is 4.90 Å². The van der Waals surface area contributed by atoms with Gasteiger partial charge in [0.15, 0.2) is 0 Å². The molecule has 0 aromatic carbocycles. The number of aromatic amines is 1. The number of hydrogen-bond acceptors (Lipinski definition) is 3. The molecule has 0 saturated heterocycles. The third-order valence-corrected chi connectivity index (χ3v) is 3.12. The topological polar surface area (TPSA) is 71.3 Å². The molecule has 5 nitrogen and oxygen atoms in total. The fourth-order valence-electron chi connectivity index (χ4n) is 2.06. The minimum Gasteiger partial charge on any atom is -0.397 e. The lowest BCUT2D eigenvalue weighted by atomic mass is 10.1. The van der Waals surface area contributed by atoms with Gasteiger partial charge < -0.3 is 20.4 Å². The smallest absolute Gasteiger partial charge is 0.270 e. The van der Waals surface area contributed by atoms with Gasteiger partial charge in [0.2, 0.25) is 0 Å². The molecule has 0 atom stereocenters. The molecule has 102 valence electrons. The number of rotatable bonds is 7. The maximum absolute atomic E-state index is 12.4. The minimum absolute atomic E-state index is 0.0162. The molecule has 0 bridgehead atoms. The summed E-state index contributed by atoms with van der Waals surface area (Å²) in [5, 5.41) is 0. The van der Waals surface area contributed by atoms with Crippen LogP contribution in [0.5, 0.6) is 0 Å². The molecule has 1 rings (SSSR count). The van der Waals surface area contributed by atoms with Crippen LogP contribution in [0.2, 0.25) is 0 Å². The maximum atomic E-state index is 12.4. The van der Waals surface area contributed by atoms with E-state index >= 15 is 0 Å². The van der Waals surface area contributed by atoms with Gasteiger partial charge in [-0.25, -0.2) is 0 Å². The highest BCUT2D eigenvalue weighted by Gasteiger charge is 2.22. The average molecular weight is 253 g/mol. The molecule has 18 heavy (non-hydrogen) atoms. The zero-order valence-corrected chi connectivity index (χ0v) is 11.4. The molecular formula is C13H23N3O2. The summed E-state index contributed by atoms with van der Waals surface area (Å²) in [5.74, 6) is -0.0162. The highest BCUT2D eigenvalue weighted by Crippen LogP contribution is 2.14. The third kappa shape index (κ3) is 3.50. The number of methoxy groups -OCH3 is 1. The lowest BCUT2D eigenvalue weighted by Gasteiger charge is -2.30. The number of carbonyl (C=O) groups is 1. The SMILES string of the molecule is CCC(CC)N(CCOC)C(=O)c1cc(N)c[nH]1. The summed E-state index contributed by atoms with van der Waals surface area (Å²) in [6, 6.07) is 1.90. The van der Waals surface area contributed by atoms with Crippen molar-refractivity contribution in [3.63, 3.8) is 0 Å². The monoisotopic (exact) mass is 253 g/mol. The number of nitrogens with zero attached hydrogens (tertiary/aromatic N) is 1. The van der Waals surface area contributed by atoms with Crippen molar-refractivity contribution in [2.24, 2.45) is 0 Å². The summed E-state index contributed by atoms with van der Waals surface area (Å²) in [5.41, 5.74) is 6.75. The number of nitrogens with two attached hydrogens (primary N) is 1. The van der Waals surface area contributed by atoms with Crippen LogP contribution in [-0.4, -0.2) is 42.1 Å². The van der Waals surface area contributed by atoms with E-state index in [9.17, 15) is 4.79 Å². The Kier molecular flexibility index (Phi) is 5.71. The summed E-state index contributed by atoms with van der Waals surface area (Å²) in [6.07, 6.45) is 3.50. The molecule has 1 heterocycles. The third-order valence-electron chi connectivity index (χ3n) is 3.12. The van der Waals surface area contributed by atoms with E-state index < -0.39 is 0 Å². The average Bonchev–Trinajstić information content (AvgIpc) is 2.80. The summed E-state index contributed by atoms with van der Waals surface area (Å²) in [6.45, 7) is 5.31. The van der Waals surface area contributed by atoms with Crippen molar-refractivity contribution < 1.29 is 9.53 Å². The summed E-state index contributed by atoms with van der Waals surface area (Å²) in [4.78, 5) is 17.2. The van der Waals surface area contributed by atoms with E-state index in [4.69, 9.17) is 10.5 Å². The Morgan fingerprint density at radius 3 is 2.61 bits per heavy atom. The molecule has 0 saturated carbocycles. The number of amides is 1. The van der Waals surface area contributed by atoms with Gasteiger partial charge in [-0.15, -0.1) is 0 Å². The lowest BCUT2D eigenvalue weighted by Crippen LogP contribution is -2.42. The number of hydrogen-bond donors (Lipinski definition) is 2. The molecule has 3 N–H and O–H groups in total. The van der Waals surface area contributed by atoms with E-state index in [0.29, 0.717) is 24.5 Å². The highest BCUT2D eigenvalue weighted by molar-refractivity contribution is 5.93. The van der Waals surface area contributed by atoms with Crippen LogP contribution in [0.3, 0.4) is 0 Å². The van der Waals surface area contributed by atoms with Crippen LogP contribution >= 0.6 is 0 Å². The molecule has 0 aliphatic rings. The van der Waals surface area contributed by atoms with Gasteiger partial charge in [0.05, 0.1) is 6.61 Å². The van der Waals surface area contributed by atoms with Gasteiger partial charge in [0.25, 0.3) is 5.91 Å². The second kappa shape index (κ2) is 7.06. The molecule has 0 unspecified atom stereocenters. The Balaban J connectivity index is 2.84. The second-order valence-corrected chi connectivity index (χ2v) is 4.31. The van der Waals surface area contributed by atoms with E-state index in [0.717, 1.165) is 12.8 Å². The van der Waals surface area contributed by atoms with Gasteiger partial charge in [-0.1, -0.05) is 13.8 Å². The Morgan fingerprint density at radius 1 is 1.50 bits per heavy atom. The quantitative estimate of drug-likeness (QED) is 0.779. The first-order chi connectivity index (χ1) is 8.63. The van der Waals surface area contributed by atoms with Crippen molar-refractivity contribution in [2.45, 2.75) is 32.7 Å². The number of anilines is 1. The molecule has 0 aliphatic heterocycles. The predicted octanol–water partition coefficient (Wildman–Crippen LogP) is 1.87. The van der Waals surface area contributed by atoms with Crippen LogP contribution in [0.15, 0.2) is 12.3 Å². The number of aromatic nitrogens is 1. The van der Waals surface area contributed by atoms with Gasteiger partial charge in [-0.3, -0.25) is 4.79 Å². The standard InChI is InChI=1S/C13H23N3O2/c1-4-11(5-2)16(6-7-18-3)13(17)12-8-10(14)9-15-12/h8-9,11,15H,4-7,14H2,1-3H3. The number of carbonyl (C=O) groups excluding carboxylic acids is 1. The highest BCUT2D eigenvalue weighted by atomic mass is 16.5. The van der Waals surface area contributed by atoms with Crippen LogP contribution < -0.4 is 5.73 Å². The number of nitrogens with one attached hydrogen (secondary N) is 1. The van der Waals surface area contributed by atoms with Crippen molar-refractivity contribution in [1.82, 2.24) is 9.88 Å². The minimum atomic E-state index is -0.0162. The first-order valence-electron chi connectivity index (χ1n) is 6.37. The normalized spacial score (nSPS) is 10.9. The van der Waals surface area contributed by atoms with Gasteiger partial charge >= 0.3 is 0 Å². The molecule has 1 aromatic rings. The first-order valence-corrected chi connectivity index (χ1v) is 6.37. The lowest BCUT2D eigenvalue weighted by molar-refractivity contribution is 0.0584. The summed E-state index contributed by atoms with van der Waals surface area (Å²) >= 11 is 0. The molecule has 0 radical (unpaired) electrons. The van der Waals surface area contributed by atoms with Gasteiger partial charge in [-0.2, -0.15) is 0 Å². The van der Waals surface area contributed by atoms with Crippen LogP contribution in [0.1, 0.15) is 37.2 Å². The molecule has 0 aliphatic carbocycles. The molecule has 5 heteroatoms. The Hall–Kier alpha value is -1.49. The second-order valence-electron chi connectivity index (χ2n) is 4.31. The van der Waals surface area contributed by atoms with E-state index in [2.05, 4.69) is 18.8 Å². The van der Waals surface area contributed by atoms with Crippen molar-refractivity contribution in [2.75, 3.05) is 26.0 Å². The van der Waals surface area contributed by atoms with Crippen molar-refractivity contribution in [3.8, 4) is 0 Å². The van der Waals surface area contributed by atoms with Crippen LogP contribution in [0.4, 0.5) is 5.69 Å². The molecule has 1 aromatic heterocycles. The summed E-state index contributed by atoms with van der Waals surface area (Å²) < 4.78 is 5.07. The predicted molar refractivity (Wildman–Crippen MR) is 72.5 cm³/mol. The van der Waals surface area contributed by atoms with Crippen LogP contribution in [0, 0.1) is 0 Å². The Labute approximate surface area is 108 Å². The maximum Gasteiger partial charge on any atom is 0.270 e. The van der Waals surface area contributed by atoms with Crippen molar-refractivity contribution >= 4 is 11.6 Å². The first kappa shape index (κ1) is 14.6. The van der Waals surface area contributed by atoms with E-state index in [1.54, 1.807) is 19.4 Å². The number of nitrogen functional groups attached to an aromatic ring is 1. The van der Waals surface area contributed by atoms with Crippen molar-refractivity contribution in [1.29, 1.82) is 0 Å². The largest absolute Gasteiger partial charge is 0.397 e. The number of H-pyrrole nitrogens is 1. The zero-order valence-electron chi connectivity index (χ0n) is 11.4. The zero-order chi connectivity index (χ0) is 13.5. The fourth-order valence-corrected chi connectivity index (χ4v) is 2.06. The Bertz CT molecular complexity index is 372.